The van der Waals surface area contributed by atoms with Crippen LogP contribution in [0, 0.1) is 0 Å². The number of nitrogens with zero attached hydrogens (tertiary/aromatic N) is 3. The molecule has 2 aliphatic rings. The molecule has 29 heavy (non-hydrogen) atoms. The van der Waals surface area contributed by atoms with Gasteiger partial charge in [-0.05, 0) is 18.4 Å². The molecular formula is C20H32IN5O2S. The normalized spacial score (nSPS) is 18.7. The van der Waals surface area contributed by atoms with Crippen LogP contribution in [0.25, 0.3) is 0 Å². The van der Waals surface area contributed by atoms with E-state index in [4.69, 9.17) is 0 Å². The van der Waals surface area contributed by atoms with Crippen molar-refractivity contribution < 1.29 is 9.00 Å². The van der Waals surface area contributed by atoms with Crippen molar-refractivity contribution in [1.82, 2.24) is 20.4 Å². The van der Waals surface area contributed by atoms with Crippen LogP contribution in [0.4, 0.5) is 0 Å². The number of rotatable bonds is 8. The minimum absolute atomic E-state index is 0. The Morgan fingerprint density at radius 3 is 2.48 bits per heavy atom. The number of piperazine rings is 1. The van der Waals surface area contributed by atoms with Crippen LogP contribution in [0.15, 0.2) is 35.3 Å². The smallest absolute Gasteiger partial charge is 0.234 e. The van der Waals surface area contributed by atoms with Crippen LogP contribution in [0.2, 0.25) is 0 Å². The van der Waals surface area contributed by atoms with Crippen LogP contribution in [0.5, 0.6) is 0 Å². The molecule has 2 N–H and O–H groups in total. The summed E-state index contributed by atoms with van der Waals surface area (Å²) in [6.07, 6.45) is 2.25. The maximum Gasteiger partial charge on any atom is 0.234 e. The number of hydrogen-bond donors (Lipinski definition) is 2. The molecule has 0 spiro atoms. The average Bonchev–Trinajstić information content (AvgIpc) is 3.51. The van der Waals surface area contributed by atoms with Crippen LogP contribution in [-0.2, 0) is 21.3 Å². The number of guanidine groups is 1. The van der Waals surface area contributed by atoms with Gasteiger partial charge in [-0.25, -0.2) is 0 Å². The van der Waals surface area contributed by atoms with Crippen molar-refractivity contribution in [2.75, 3.05) is 52.1 Å². The van der Waals surface area contributed by atoms with Crippen molar-refractivity contribution >= 4 is 46.6 Å². The summed E-state index contributed by atoms with van der Waals surface area (Å²) in [6, 6.07) is 10.4. The fourth-order valence-corrected chi connectivity index (χ4v) is 4.30. The van der Waals surface area contributed by atoms with E-state index < -0.39 is 10.8 Å². The van der Waals surface area contributed by atoms with E-state index in [9.17, 15) is 9.00 Å². The molecule has 1 amide bonds. The van der Waals surface area contributed by atoms with Gasteiger partial charge in [-0.3, -0.25) is 18.9 Å². The molecule has 9 heteroatoms. The molecule has 1 aromatic carbocycles. The predicted molar refractivity (Wildman–Crippen MR) is 129 cm³/mol. The first-order chi connectivity index (χ1) is 13.6. The highest BCUT2D eigenvalue weighted by molar-refractivity contribution is 14.0. The first kappa shape index (κ1) is 24.1. The predicted octanol–water partition coefficient (Wildman–Crippen LogP) is 1.02. The van der Waals surface area contributed by atoms with E-state index in [0.29, 0.717) is 30.6 Å². The molecule has 1 aromatic rings. The number of aliphatic imine (C=N–C) groups is 1. The number of carbonyl (C=O) groups excluding carboxylic acids is 1. The summed E-state index contributed by atoms with van der Waals surface area (Å²) in [4.78, 5) is 20.7. The highest BCUT2D eigenvalue weighted by Crippen LogP contribution is 2.18. The standard InChI is InChI=1S/C20H31N5O2S.HI/c1-21-20(22-9-14-28(27)16-17-5-3-2-4-6-17)25-12-10-24(11-13-25)15-19(26)23-18-7-8-18;/h2-6,18H,7-16H2,1H3,(H,21,22)(H,23,26);1H. The van der Waals surface area contributed by atoms with Gasteiger partial charge in [0.15, 0.2) is 5.96 Å². The first-order valence-electron chi connectivity index (χ1n) is 10.0. The lowest BCUT2D eigenvalue weighted by molar-refractivity contribution is -0.122. The molecule has 1 aliphatic heterocycles. The second kappa shape index (κ2) is 12.5. The monoisotopic (exact) mass is 533 g/mol. The number of hydrogen-bond acceptors (Lipinski definition) is 4. The van der Waals surface area contributed by atoms with E-state index >= 15 is 0 Å². The third-order valence-electron chi connectivity index (χ3n) is 4.98. The average molecular weight is 533 g/mol. The fourth-order valence-electron chi connectivity index (χ4n) is 3.26. The molecule has 162 valence electrons. The Kier molecular flexibility index (Phi) is 10.4. The van der Waals surface area contributed by atoms with Crippen molar-refractivity contribution in [3.8, 4) is 0 Å². The highest BCUT2D eigenvalue weighted by Gasteiger charge is 2.25. The van der Waals surface area contributed by atoms with Crippen LogP contribution >= 0.6 is 24.0 Å². The molecule has 1 aliphatic carbocycles. The maximum absolute atomic E-state index is 12.3. The molecule has 3 rings (SSSR count). The number of carbonyl (C=O) groups is 1. The maximum atomic E-state index is 12.3. The Labute approximate surface area is 193 Å². The third kappa shape index (κ3) is 8.59. The lowest BCUT2D eigenvalue weighted by atomic mass is 10.2. The summed E-state index contributed by atoms with van der Waals surface area (Å²) in [5.41, 5.74) is 1.10. The molecule has 1 saturated heterocycles. The second-order valence-corrected chi connectivity index (χ2v) is 8.93. The molecule has 1 atom stereocenters. The van der Waals surface area contributed by atoms with Gasteiger partial charge in [0.1, 0.15) is 0 Å². The van der Waals surface area contributed by atoms with Crippen molar-refractivity contribution in [1.29, 1.82) is 0 Å². The number of amides is 1. The minimum Gasteiger partial charge on any atom is -0.355 e. The van der Waals surface area contributed by atoms with Crippen molar-refractivity contribution in [3.63, 3.8) is 0 Å². The molecule has 0 radical (unpaired) electrons. The van der Waals surface area contributed by atoms with Gasteiger partial charge in [-0.2, -0.15) is 0 Å². The summed E-state index contributed by atoms with van der Waals surface area (Å²) in [7, 11) is 0.881. The van der Waals surface area contributed by atoms with Gasteiger partial charge in [0, 0.05) is 68.1 Å². The Balaban J connectivity index is 0.00000300. The summed E-state index contributed by atoms with van der Waals surface area (Å²) in [5, 5.41) is 6.37. The summed E-state index contributed by atoms with van der Waals surface area (Å²) < 4.78 is 12.3. The second-order valence-electron chi connectivity index (χ2n) is 7.35. The molecule has 7 nitrogen and oxygen atoms in total. The van der Waals surface area contributed by atoms with Crippen LogP contribution in [0.1, 0.15) is 18.4 Å². The van der Waals surface area contributed by atoms with Crippen LogP contribution in [-0.4, -0.2) is 84.0 Å². The van der Waals surface area contributed by atoms with E-state index in [0.717, 1.165) is 50.5 Å². The van der Waals surface area contributed by atoms with Gasteiger partial charge in [0.2, 0.25) is 5.91 Å². The summed E-state index contributed by atoms with van der Waals surface area (Å²) in [6.45, 7) is 4.48. The Morgan fingerprint density at radius 1 is 1.17 bits per heavy atom. The van der Waals surface area contributed by atoms with E-state index in [1.54, 1.807) is 7.05 Å². The molecular weight excluding hydrogens is 501 g/mol. The molecule has 1 unspecified atom stereocenters. The highest BCUT2D eigenvalue weighted by atomic mass is 127. The Hall–Kier alpha value is -1.20. The van der Waals surface area contributed by atoms with Crippen LogP contribution < -0.4 is 10.6 Å². The van der Waals surface area contributed by atoms with E-state index in [1.165, 1.54) is 0 Å². The van der Waals surface area contributed by atoms with Crippen molar-refractivity contribution in [2.24, 2.45) is 4.99 Å². The van der Waals surface area contributed by atoms with Crippen molar-refractivity contribution in [3.05, 3.63) is 35.9 Å². The molecule has 1 saturated carbocycles. The topological polar surface area (TPSA) is 77.0 Å². The SMILES string of the molecule is CN=C(NCCS(=O)Cc1ccccc1)N1CCN(CC(=O)NC2CC2)CC1.I. The Bertz CT molecular complexity index is 691. The first-order valence-corrected chi connectivity index (χ1v) is 11.5. The quantitative estimate of drug-likeness (QED) is 0.297. The zero-order valence-corrected chi connectivity index (χ0v) is 20.2. The van der Waals surface area contributed by atoms with Crippen LogP contribution in [0.3, 0.4) is 0 Å². The van der Waals surface area contributed by atoms with Gasteiger partial charge < -0.3 is 15.5 Å². The molecule has 1 heterocycles. The van der Waals surface area contributed by atoms with E-state index in [1.807, 2.05) is 30.3 Å². The Morgan fingerprint density at radius 2 is 1.86 bits per heavy atom. The number of halogens is 1. The minimum atomic E-state index is -0.895. The van der Waals surface area contributed by atoms with Gasteiger partial charge in [0.05, 0.1) is 6.54 Å². The van der Waals surface area contributed by atoms with Gasteiger partial charge in [-0.1, -0.05) is 30.3 Å². The number of benzene rings is 1. The van der Waals surface area contributed by atoms with Gasteiger partial charge >= 0.3 is 0 Å². The summed E-state index contributed by atoms with van der Waals surface area (Å²) >= 11 is 0. The molecule has 0 bridgehead atoms. The zero-order chi connectivity index (χ0) is 19.8. The lowest BCUT2D eigenvalue weighted by Crippen LogP contribution is -2.54. The van der Waals surface area contributed by atoms with Gasteiger partial charge in [0.25, 0.3) is 0 Å². The fraction of sp³-hybridized carbons (Fsp3) is 0.600. The number of nitrogens with one attached hydrogen (secondary N) is 2. The van der Waals surface area contributed by atoms with E-state index in [2.05, 4.69) is 25.4 Å². The van der Waals surface area contributed by atoms with Crippen molar-refractivity contribution in [2.45, 2.75) is 24.6 Å². The zero-order valence-electron chi connectivity index (χ0n) is 17.0. The van der Waals surface area contributed by atoms with Gasteiger partial charge in [-0.15, -0.1) is 24.0 Å². The van der Waals surface area contributed by atoms with E-state index in [-0.39, 0.29) is 29.9 Å². The largest absolute Gasteiger partial charge is 0.355 e. The lowest BCUT2D eigenvalue weighted by Gasteiger charge is -2.36. The molecule has 0 aromatic heterocycles. The summed E-state index contributed by atoms with van der Waals surface area (Å²) in [5.74, 6) is 2.16. The third-order valence-corrected chi connectivity index (χ3v) is 6.29. The molecule has 2 fully saturated rings.